The highest BCUT2D eigenvalue weighted by atomic mass is 16.3. The molecule has 1 amide bonds. The number of likely N-dealkylation sites (tertiary alicyclic amines) is 1. The Morgan fingerprint density at radius 3 is 2.96 bits per heavy atom. The first kappa shape index (κ1) is 14.7. The molecule has 0 bridgehead atoms. The summed E-state index contributed by atoms with van der Waals surface area (Å²) < 4.78 is 5.25. The van der Waals surface area contributed by atoms with Crippen LogP contribution in [0.1, 0.15) is 35.0 Å². The first-order chi connectivity index (χ1) is 11.8. The van der Waals surface area contributed by atoms with Crippen molar-refractivity contribution in [3.63, 3.8) is 0 Å². The highest BCUT2D eigenvalue weighted by molar-refractivity contribution is 5.91. The fourth-order valence-electron chi connectivity index (χ4n) is 3.32. The van der Waals surface area contributed by atoms with Crippen LogP contribution in [0.2, 0.25) is 0 Å². The summed E-state index contributed by atoms with van der Waals surface area (Å²) in [4.78, 5) is 18.5. The summed E-state index contributed by atoms with van der Waals surface area (Å²) in [5.74, 6) is 0.590. The number of rotatable bonds is 3. The predicted octanol–water partition coefficient (Wildman–Crippen LogP) is 3.08. The van der Waals surface area contributed by atoms with Gasteiger partial charge in [-0.2, -0.15) is 5.10 Å². The summed E-state index contributed by atoms with van der Waals surface area (Å²) in [6.07, 6.45) is 8.93. The number of H-pyrrole nitrogens is 1. The first-order valence-electron chi connectivity index (χ1n) is 8.09. The number of aromatic nitrogens is 3. The Kier molecular flexibility index (Phi) is 3.86. The van der Waals surface area contributed by atoms with E-state index >= 15 is 0 Å². The molecule has 1 fully saturated rings. The van der Waals surface area contributed by atoms with E-state index in [1.165, 1.54) is 6.26 Å². The molecule has 0 radical (unpaired) electrons. The Morgan fingerprint density at radius 1 is 1.29 bits per heavy atom. The van der Waals surface area contributed by atoms with E-state index in [2.05, 4.69) is 15.2 Å². The van der Waals surface area contributed by atoms with E-state index in [1.807, 2.05) is 23.2 Å². The quantitative estimate of drug-likeness (QED) is 0.804. The van der Waals surface area contributed by atoms with Crippen molar-refractivity contribution in [2.75, 3.05) is 13.1 Å². The highest BCUT2D eigenvalue weighted by Crippen LogP contribution is 2.33. The van der Waals surface area contributed by atoms with Gasteiger partial charge in [-0.1, -0.05) is 0 Å². The molecule has 0 unspecified atom stereocenters. The molecule has 1 aliphatic rings. The summed E-state index contributed by atoms with van der Waals surface area (Å²) in [7, 11) is 0. The molecule has 0 saturated carbocycles. The Morgan fingerprint density at radius 2 is 2.17 bits per heavy atom. The van der Waals surface area contributed by atoms with Crippen LogP contribution in [0.5, 0.6) is 0 Å². The number of hydrogen-bond donors (Lipinski definition) is 1. The van der Waals surface area contributed by atoms with E-state index in [0.717, 1.165) is 36.2 Å². The second-order valence-corrected chi connectivity index (χ2v) is 6.00. The van der Waals surface area contributed by atoms with Gasteiger partial charge in [0.2, 0.25) is 0 Å². The third kappa shape index (κ3) is 2.71. The largest absolute Gasteiger partial charge is 0.459 e. The number of aromatic amines is 1. The molecule has 122 valence electrons. The lowest BCUT2D eigenvalue weighted by molar-refractivity contribution is 0.0674. The maximum atomic E-state index is 12.5. The monoisotopic (exact) mass is 322 g/mol. The maximum Gasteiger partial charge on any atom is 0.289 e. The molecular weight excluding hydrogens is 304 g/mol. The van der Waals surface area contributed by atoms with Gasteiger partial charge in [0, 0.05) is 42.7 Å². The molecule has 24 heavy (non-hydrogen) atoms. The minimum Gasteiger partial charge on any atom is -0.459 e. The molecule has 4 rings (SSSR count). The van der Waals surface area contributed by atoms with Crippen molar-refractivity contribution in [1.82, 2.24) is 20.1 Å². The standard InChI is InChI=1S/C18H18N4O2/c23-18(16-4-2-10-24-16)22-9-1-3-14(12-22)17-15(11-20-21-17)13-5-7-19-8-6-13/h2,4-8,10-11,14H,1,3,9,12H2,(H,20,21)/t14-/m0/s1. The van der Waals surface area contributed by atoms with Gasteiger partial charge in [0.15, 0.2) is 5.76 Å². The number of nitrogens with one attached hydrogen (secondary N) is 1. The van der Waals surface area contributed by atoms with Crippen molar-refractivity contribution < 1.29 is 9.21 Å². The summed E-state index contributed by atoms with van der Waals surface area (Å²) in [6, 6.07) is 7.40. The lowest BCUT2D eigenvalue weighted by atomic mass is 9.90. The van der Waals surface area contributed by atoms with E-state index in [1.54, 1.807) is 24.5 Å². The molecule has 0 aliphatic carbocycles. The van der Waals surface area contributed by atoms with Crippen molar-refractivity contribution in [2.45, 2.75) is 18.8 Å². The Balaban J connectivity index is 1.57. The smallest absolute Gasteiger partial charge is 0.289 e. The molecule has 3 aromatic heterocycles. The number of carbonyl (C=O) groups excluding carboxylic acids is 1. The third-order valence-electron chi connectivity index (χ3n) is 4.51. The van der Waals surface area contributed by atoms with Gasteiger partial charge < -0.3 is 9.32 Å². The molecule has 6 heteroatoms. The summed E-state index contributed by atoms with van der Waals surface area (Å²) in [5.41, 5.74) is 3.25. The molecule has 4 heterocycles. The van der Waals surface area contributed by atoms with Crippen LogP contribution < -0.4 is 0 Å². The van der Waals surface area contributed by atoms with Crippen LogP contribution in [0.4, 0.5) is 0 Å². The van der Waals surface area contributed by atoms with E-state index in [0.29, 0.717) is 12.3 Å². The van der Waals surface area contributed by atoms with Gasteiger partial charge in [0.1, 0.15) is 0 Å². The van der Waals surface area contributed by atoms with Gasteiger partial charge >= 0.3 is 0 Å². The Labute approximate surface area is 139 Å². The van der Waals surface area contributed by atoms with Crippen LogP contribution >= 0.6 is 0 Å². The zero-order valence-corrected chi connectivity index (χ0v) is 13.2. The van der Waals surface area contributed by atoms with E-state index < -0.39 is 0 Å². The van der Waals surface area contributed by atoms with Crippen LogP contribution in [0, 0.1) is 0 Å². The number of nitrogens with zero attached hydrogens (tertiary/aromatic N) is 3. The third-order valence-corrected chi connectivity index (χ3v) is 4.51. The lowest BCUT2D eigenvalue weighted by Gasteiger charge is -2.32. The maximum absolute atomic E-state index is 12.5. The second-order valence-electron chi connectivity index (χ2n) is 6.00. The van der Waals surface area contributed by atoms with Crippen LogP contribution in [0.3, 0.4) is 0 Å². The van der Waals surface area contributed by atoms with Crippen molar-refractivity contribution >= 4 is 5.91 Å². The fraction of sp³-hybridized carbons (Fsp3) is 0.278. The highest BCUT2D eigenvalue weighted by Gasteiger charge is 2.29. The average Bonchev–Trinajstić information content (AvgIpc) is 3.34. The molecule has 1 atom stereocenters. The van der Waals surface area contributed by atoms with Crippen molar-refractivity contribution in [2.24, 2.45) is 0 Å². The SMILES string of the molecule is O=C(c1ccco1)N1CCC[C@H](c2[nH]ncc2-c2ccncc2)C1. The zero-order valence-electron chi connectivity index (χ0n) is 13.2. The first-order valence-corrected chi connectivity index (χ1v) is 8.09. The molecule has 1 saturated heterocycles. The van der Waals surface area contributed by atoms with Gasteiger partial charge in [-0.25, -0.2) is 0 Å². The van der Waals surface area contributed by atoms with Crippen LogP contribution in [-0.2, 0) is 0 Å². The topological polar surface area (TPSA) is 75.0 Å². The second kappa shape index (κ2) is 6.31. The average molecular weight is 322 g/mol. The van der Waals surface area contributed by atoms with Crippen LogP contribution in [0.15, 0.2) is 53.5 Å². The number of furan rings is 1. The summed E-state index contributed by atoms with van der Waals surface area (Å²) in [6.45, 7) is 1.43. The van der Waals surface area contributed by atoms with Gasteiger partial charge in [-0.05, 0) is 42.7 Å². The molecule has 0 aromatic carbocycles. The van der Waals surface area contributed by atoms with Crippen LogP contribution in [-0.4, -0.2) is 39.1 Å². The van der Waals surface area contributed by atoms with Gasteiger partial charge in [0.05, 0.1) is 12.5 Å². The van der Waals surface area contributed by atoms with Crippen LogP contribution in [0.25, 0.3) is 11.1 Å². The normalized spacial score (nSPS) is 17.8. The number of piperidine rings is 1. The predicted molar refractivity (Wildman–Crippen MR) is 88.4 cm³/mol. The molecule has 1 N–H and O–H groups in total. The van der Waals surface area contributed by atoms with E-state index in [4.69, 9.17) is 4.42 Å². The Hall–Kier alpha value is -2.89. The van der Waals surface area contributed by atoms with E-state index in [-0.39, 0.29) is 11.8 Å². The summed E-state index contributed by atoms with van der Waals surface area (Å²) >= 11 is 0. The number of amides is 1. The van der Waals surface area contributed by atoms with Crippen molar-refractivity contribution in [3.05, 3.63) is 60.6 Å². The number of pyridine rings is 1. The van der Waals surface area contributed by atoms with Gasteiger partial charge in [-0.3, -0.25) is 14.9 Å². The van der Waals surface area contributed by atoms with E-state index in [9.17, 15) is 4.79 Å². The van der Waals surface area contributed by atoms with Gasteiger partial charge in [0.25, 0.3) is 5.91 Å². The number of hydrogen-bond acceptors (Lipinski definition) is 4. The minimum atomic E-state index is -0.0466. The molecule has 6 nitrogen and oxygen atoms in total. The lowest BCUT2D eigenvalue weighted by Crippen LogP contribution is -2.39. The zero-order chi connectivity index (χ0) is 16.4. The summed E-state index contributed by atoms with van der Waals surface area (Å²) in [5, 5.41) is 7.36. The molecule has 0 spiro atoms. The van der Waals surface area contributed by atoms with Crippen molar-refractivity contribution in [1.29, 1.82) is 0 Å². The minimum absolute atomic E-state index is 0.0466. The number of carbonyl (C=O) groups is 1. The Bertz CT molecular complexity index is 811. The fourth-order valence-corrected chi connectivity index (χ4v) is 3.32. The molecular formula is C18H18N4O2. The molecule has 3 aromatic rings. The van der Waals surface area contributed by atoms with Crippen molar-refractivity contribution in [3.8, 4) is 11.1 Å². The molecule has 1 aliphatic heterocycles. The van der Waals surface area contributed by atoms with Gasteiger partial charge in [-0.15, -0.1) is 0 Å².